The summed E-state index contributed by atoms with van der Waals surface area (Å²) in [6, 6.07) is 9.82. The standard InChI is InChI=1S/C15H16BrNO4S/c1-10-7-14(20-2)15(21-3)9-13(10)17-22(18,19)12-6-4-5-11(16)8-12/h4-9,17H,1-3H3. The molecule has 0 radical (unpaired) electrons. The summed E-state index contributed by atoms with van der Waals surface area (Å²) in [4.78, 5) is 0.177. The van der Waals surface area contributed by atoms with E-state index in [4.69, 9.17) is 9.47 Å². The van der Waals surface area contributed by atoms with Crippen LogP contribution < -0.4 is 14.2 Å². The Kier molecular flexibility index (Phi) is 4.97. The smallest absolute Gasteiger partial charge is 0.261 e. The van der Waals surface area contributed by atoms with E-state index in [1.165, 1.54) is 20.3 Å². The molecule has 0 aliphatic rings. The lowest BCUT2D eigenvalue weighted by molar-refractivity contribution is 0.355. The Labute approximate surface area is 138 Å². The van der Waals surface area contributed by atoms with Gasteiger partial charge in [0.15, 0.2) is 11.5 Å². The van der Waals surface area contributed by atoms with Crippen molar-refractivity contribution in [3.05, 3.63) is 46.4 Å². The molecule has 1 N–H and O–H groups in total. The average Bonchev–Trinajstić information content (AvgIpc) is 2.48. The molecule has 0 bridgehead atoms. The van der Waals surface area contributed by atoms with E-state index in [0.29, 0.717) is 21.7 Å². The van der Waals surface area contributed by atoms with Crippen molar-refractivity contribution in [2.45, 2.75) is 11.8 Å². The fourth-order valence-electron chi connectivity index (χ4n) is 1.93. The van der Waals surface area contributed by atoms with Crippen LogP contribution in [0.1, 0.15) is 5.56 Å². The molecule has 118 valence electrons. The average molecular weight is 386 g/mol. The van der Waals surface area contributed by atoms with Gasteiger partial charge in [-0.15, -0.1) is 0 Å². The van der Waals surface area contributed by atoms with Crippen molar-refractivity contribution in [1.82, 2.24) is 0 Å². The predicted molar refractivity (Wildman–Crippen MR) is 89.2 cm³/mol. The zero-order valence-corrected chi connectivity index (χ0v) is 14.8. The monoisotopic (exact) mass is 385 g/mol. The summed E-state index contributed by atoms with van der Waals surface area (Å²) in [5.74, 6) is 1.01. The second kappa shape index (κ2) is 6.58. The van der Waals surface area contributed by atoms with Crippen LogP contribution >= 0.6 is 15.9 Å². The number of hydrogen-bond acceptors (Lipinski definition) is 4. The van der Waals surface area contributed by atoms with Crippen LogP contribution in [0.5, 0.6) is 11.5 Å². The number of sulfonamides is 1. The zero-order valence-electron chi connectivity index (χ0n) is 12.4. The minimum absolute atomic E-state index is 0.177. The highest BCUT2D eigenvalue weighted by Gasteiger charge is 2.17. The fraction of sp³-hybridized carbons (Fsp3) is 0.200. The molecular formula is C15H16BrNO4S. The number of hydrogen-bond donors (Lipinski definition) is 1. The summed E-state index contributed by atoms with van der Waals surface area (Å²) >= 11 is 3.27. The number of anilines is 1. The molecule has 2 rings (SSSR count). The summed E-state index contributed by atoms with van der Waals surface area (Å²) in [6.45, 7) is 1.79. The van der Waals surface area contributed by atoms with Crippen molar-refractivity contribution in [2.75, 3.05) is 18.9 Å². The topological polar surface area (TPSA) is 64.6 Å². The van der Waals surface area contributed by atoms with Crippen molar-refractivity contribution >= 4 is 31.6 Å². The number of nitrogens with one attached hydrogen (secondary N) is 1. The fourth-order valence-corrected chi connectivity index (χ4v) is 3.65. The predicted octanol–water partition coefficient (Wildman–Crippen LogP) is 3.58. The molecule has 2 aromatic rings. The molecule has 0 spiro atoms. The van der Waals surface area contributed by atoms with Gasteiger partial charge in [0.1, 0.15) is 0 Å². The van der Waals surface area contributed by atoms with Crippen molar-refractivity contribution < 1.29 is 17.9 Å². The van der Waals surface area contributed by atoms with Crippen LogP contribution in [-0.4, -0.2) is 22.6 Å². The summed E-state index contributed by atoms with van der Waals surface area (Å²) in [6.07, 6.45) is 0. The molecule has 0 saturated heterocycles. The molecule has 5 nitrogen and oxygen atoms in total. The normalized spacial score (nSPS) is 11.1. The Hall–Kier alpha value is -1.73. The highest BCUT2D eigenvalue weighted by atomic mass is 79.9. The third-order valence-electron chi connectivity index (χ3n) is 3.08. The lowest BCUT2D eigenvalue weighted by Gasteiger charge is -2.14. The van der Waals surface area contributed by atoms with E-state index >= 15 is 0 Å². The first kappa shape index (κ1) is 16.6. The van der Waals surface area contributed by atoms with Crippen LogP contribution in [0.3, 0.4) is 0 Å². The number of benzene rings is 2. The second-order valence-corrected chi connectivity index (χ2v) is 7.18. The van der Waals surface area contributed by atoms with Crippen LogP contribution in [0.15, 0.2) is 45.8 Å². The van der Waals surface area contributed by atoms with Gasteiger partial charge >= 0.3 is 0 Å². The van der Waals surface area contributed by atoms with E-state index < -0.39 is 10.0 Å². The van der Waals surface area contributed by atoms with Gasteiger partial charge in [0.05, 0.1) is 24.8 Å². The Morgan fingerprint density at radius 3 is 2.27 bits per heavy atom. The minimum Gasteiger partial charge on any atom is -0.493 e. The Balaban J connectivity index is 2.42. The highest BCUT2D eigenvalue weighted by Crippen LogP contribution is 2.34. The molecule has 0 amide bonds. The van der Waals surface area contributed by atoms with Gasteiger partial charge in [0, 0.05) is 10.5 Å². The highest BCUT2D eigenvalue weighted by molar-refractivity contribution is 9.10. The molecule has 2 aromatic carbocycles. The molecule has 7 heteroatoms. The molecule has 0 aliphatic carbocycles. The second-order valence-electron chi connectivity index (χ2n) is 4.58. The van der Waals surface area contributed by atoms with E-state index in [1.807, 2.05) is 0 Å². The summed E-state index contributed by atoms with van der Waals surface area (Å²) < 4.78 is 38.6. The summed E-state index contributed by atoms with van der Waals surface area (Å²) in [7, 11) is -0.649. The first-order chi connectivity index (χ1) is 10.4. The molecule has 0 unspecified atom stereocenters. The van der Waals surface area contributed by atoms with E-state index in [-0.39, 0.29) is 4.90 Å². The number of methoxy groups -OCH3 is 2. The van der Waals surface area contributed by atoms with Gasteiger partial charge in [-0.25, -0.2) is 8.42 Å². The first-order valence-corrected chi connectivity index (χ1v) is 8.66. The van der Waals surface area contributed by atoms with Crippen LogP contribution in [0.4, 0.5) is 5.69 Å². The molecule has 22 heavy (non-hydrogen) atoms. The maximum Gasteiger partial charge on any atom is 0.261 e. The molecule has 0 aromatic heterocycles. The summed E-state index contributed by atoms with van der Waals surface area (Å²) in [5.41, 5.74) is 1.17. The van der Waals surface area contributed by atoms with Crippen molar-refractivity contribution in [3.8, 4) is 11.5 Å². The number of halogens is 1. The maximum atomic E-state index is 12.5. The molecule has 0 atom stereocenters. The number of rotatable bonds is 5. The number of aryl methyl sites for hydroxylation is 1. The molecule has 0 saturated carbocycles. The molecule has 0 heterocycles. The van der Waals surface area contributed by atoms with Gasteiger partial charge in [-0.3, -0.25) is 4.72 Å². The van der Waals surface area contributed by atoms with E-state index in [2.05, 4.69) is 20.7 Å². The Bertz CT molecular complexity index is 790. The van der Waals surface area contributed by atoms with Crippen molar-refractivity contribution in [1.29, 1.82) is 0 Å². The van der Waals surface area contributed by atoms with E-state index in [1.54, 1.807) is 37.3 Å². The lowest BCUT2D eigenvalue weighted by Crippen LogP contribution is -2.14. The zero-order chi connectivity index (χ0) is 16.3. The molecule has 0 aliphatic heterocycles. The van der Waals surface area contributed by atoms with Gasteiger partial charge in [0.2, 0.25) is 0 Å². The summed E-state index contributed by atoms with van der Waals surface area (Å²) in [5, 5.41) is 0. The quantitative estimate of drug-likeness (QED) is 0.853. The van der Waals surface area contributed by atoms with E-state index in [0.717, 1.165) is 5.56 Å². The Morgan fingerprint density at radius 1 is 1.05 bits per heavy atom. The molecule has 0 fully saturated rings. The minimum atomic E-state index is -3.68. The van der Waals surface area contributed by atoms with Gasteiger partial charge in [-0.05, 0) is 36.8 Å². The van der Waals surface area contributed by atoms with Crippen molar-refractivity contribution in [2.24, 2.45) is 0 Å². The molecular weight excluding hydrogens is 370 g/mol. The van der Waals surface area contributed by atoms with Crippen LogP contribution in [0.25, 0.3) is 0 Å². The van der Waals surface area contributed by atoms with E-state index in [9.17, 15) is 8.42 Å². The van der Waals surface area contributed by atoms with Crippen LogP contribution in [-0.2, 0) is 10.0 Å². The Morgan fingerprint density at radius 2 is 1.68 bits per heavy atom. The van der Waals surface area contributed by atoms with Gasteiger partial charge in [-0.1, -0.05) is 22.0 Å². The van der Waals surface area contributed by atoms with Crippen LogP contribution in [0.2, 0.25) is 0 Å². The SMILES string of the molecule is COc1cc(C)c(NS(=O)(=O)c2cccc(Br)c2)cc1OC. The third kappa shape index (κ3) is 3.53. The number of ether oxygens (including phenoxy) is 2. The maximum absolute atomic E-state index is 12.5. The first-order valence-electron chi connectivity index (χ1n) is 6.38. The lowest BCUT2D eigenvalue weighted by atomic mass is 10.2. The van der Waals surface area contributed by atoms with Gasteiger partial charge in [-0.2, -0.15) is 0 Å². The van der Waals surface area contributed by atoms with Gasteiger partial charge < -0.3 is 9.47 Å². The third-order valence-corrected chi connectivity index (χ3v) is 4.94. The largest absolute Gasteiger partial charge is 0.493 e. The van der Waals surface area contributed by atoms with Crippen molar-refractivity contribution in [3.63, 3.8) is 0 Å². The van der Waals surface area contributed by atoms with Crippen LogP contribution in [0, 0.1) is 6.92 Å². The van der Waals surface area contributed by atoms with Gasteiger partial charge in [0.25, 0.3) is 10.0 Å².